The summed E-state index contributed by atoms with van der Waals surface area (Å²) in [5.41, 5.74) is 3.31. The fourth-order valence-electron chi connectivity index (χ4n) is 3.32. The van der Waals surface area contributed by atoms with E-state index in [9.17, 15) is 0 Å². The molecule has 0 aromatic rings. The van der Waals surface area contributed by atoms with Gasteiger partial charge < -0.3 is 0 Å². The van der Waals surface area contributed by atoms with Crippen LogP contribution >= 0.6 is 0 Å². The lowest BCUT2D eigenvalue weighted by Crippen LogP contribution is -2.30. The molecule has 84 valence electrons. The molecule has 0 nitrogen and oxygen atoms in total. The molecule has 0 heteroatoms. The Morgan fingerprint density at radius 1 is 1.27 bits per heavy atom. The fraction of sp³-hybridized carbons (Fsp3) is 0.733. The Morgan fingerprint density at radius 2 is 2.00 bits per heavy atom. The molecule has 1 fully saturated rings. The van der Waals surface area contributed by atoms with Crippen LogP contribution in [0.3, 0.4) is 0 Å². The van der Waals surface area contributed by atoms with Crippen LogP contribution in [0.4, 0.5) is 0 Å². The van der Waals surface area contributed by atoms with Crippen molar-refractivity contribution in [3.05, 3.63) is 23.3 Å². The van der Waals surface area contributed by atoms with Crippen LogP contribution in [0.1, 0.15) is 47.0 Å². The van der Waals surface area contributed by atoms with Crippen molar-refractivity contribution in [3.63, 3.8) is 0 Å². The molecule has 0 radical (unpaired) electrons. The van der Waals surface area contributed by atoms with Gasteiger partial charge in [0.05, 0.1) is 0 Å². The second kappa shape index (κ2) is 4.15. The predicted molar refractivity (Wildman–Crippen MR) is 66.7 cm³/mol. The van der Waals surface area contributed by atoms with E-state index in [0.29, 0.717) is 0 Å². The lowest BCUT2D eigenvalue weighted by molar-refractivity contribution is 0.234. The summed E-state index contributed by atoms with van der Waals surface area (Å²) in [4.78, 5) is 0. The molecule has 15 heavy (non-hydrogen) atoms. The average molecular weight is 204 g/mol. The van der Waals surface area contributed by atoms with Gasteiger partial charge in [-0.05, 0) is 43.9 Å². The minimum Gasteiger partial charge on any atom is -0.0804 e. The highest BCUT2D eigenvalue weighted by molar-refractivity contribution is 5.28. The van der Waals surface area contributed by atoms with Crippen molar-refractivity contribution in [3.8, 4) is 0 Å². The number of allylic oxidation sites excluding steroid dienone is 4. The van der Waals surface area contributed by atoms with Crippen molar-refractivity contribution in [1.82, 2.24) is 0 Å². The first-order valence-corrected chi connectivity index (χ1v) is 6.47. The summed E-state index contributed by atoms with van der Waals surface area (Å²) >= 11 is 0. The lowest BCUT2D eigenvalue weighted by Gasteiger charge is -2.40. The second-order valence-corrected chi connectivity index (χ2v) is 5.83. The summed E-state index contributed by atoms with van der Waals surface area (Å²) in [6.45, 7) is 9.46. The molecule has 2 unspecified atom stereocenters. The Labute approximate surface area is 94.5 Å². The Bertz CT molecular complexity index is 293. The highest BCUT2D eigenvalue weighted by atomic mass is 14.4. The molecule has 0 aromatic carbocycles. The third-order valence-corrected chi connectivity index (χ3v) is 4.33. The van der Waals surface area contributed by atoms with E-state index in [4.69, 9.17) is 0 Å². The summed E-state index contributed by atoms with van der Waals surface area (Å²) in [6, 6.07) is 0. The van der Waals surface area contributed by atoms with Crippen LogP contribution in [-0.4, -0.2) is 0 Å². The second-order valence-electron chi connectivity index (χ2n) is 5.83. The van der Waals surface area contributed by atoms with E-state index in [-0.39, 0.29) is 0 Å². The van der Waals surface area contributed by atoms with E-state index in [0.717, 1.165) is 23.7 Å². The maximum Gasteiger partial charge on any atom is 0.00129 e. The molecular formula is C15H24. The third kappa shape index (κ3) is 2.04. The molecule has 0 amide bonds. The maximum atomic E-state index is 2.55. The molecule has 0 saturated heterocycles. The van der Waals surface area contributed by atoms with Gasteiger partial charge in [0.2, 0.25) is 0 Å². The Kier molecular flexibility index (Phi) is 3.04. The topological polar surface area (TPSA) is 0 Å². The monoisotopic (exact) mass is 204 g/mol. The van der Waals surface area contributed by atoms with E-state index >= 15 is 0 Å². The van der Waals surface area contributed by atoms with Gasteiger partial charge in [-0.15, -0.1) is 0 Å². The molecule has 0 bridgehead atoms. The van der Waals surface area contributed by atoms with Gasteiger partial charge in [-0.2, -0.15) is 0 Å². The van der Waals surface area contributed by atoms with Gasteiger partial charge in [0.1, 0.15) is 0 Å². The highest BCUT2D eigenvalue weighted by Gasteiger charge is 2.34. The van der Waals surface area contributed by atoms with Crippen LogP contribution in [0.25, 0.3) is 0 Å². The Morgan fingerprint density at radius 3 is 2.67 bits per heavy atom. The molecule has 2 aliphatic carbocycles. The average Bonchev–Trinajstić information content (AvgIpc) is 2.17. The SMILES string of the molecule is CC1=CC2C(=CC1)[C@@H](C)CCC2C(C)C. The summed E-state index contributed by atoms with van der Waals surface area (Å²) in [5.74, 6) is 3.31. The summed E-state index contributed by atoms with van der Waals surface area (Å²) in [7, 11) is 0. The molecule has 0 spiro atoms. The molecule has 1 saturated carbocycles. The van der Waals surface area contributed by atoms with E-state index in [1.807, 2.05) is 0 Å². The summed E-state index contributed by atoms with van der Waals surface area (Å²) in [6.07, 6.45) is 9.08. The van der Waals surface area contributed by atoms with Crippen molar-refractivity contribution in [2.45, 2.75) is 47.0 Å². The molecule has 0 aromatic heterocycles. The quantitative estimate of drug-likeness (QED) is 0.548. The highest BCUT2D eigenvalue weighted by Crippen LogP contribution is 2.45. The van der Waals surface area contributed by atoms with Crippen molar-refractivity contribution < 1.29 is 0 Å². The van der Waals surface area contributed by atoms with Gasteiger partial charge in [-0.3, -0.25) is 0 Å². The molecule has 0 N–H and O–H groups in total. The predicted octanol–water partition coefficient (Wildman–Crippen LogP) is 4.58. The van der Waals surface area contributed by atoms with Crippen LogP contribution in [0.5, 0.6) is 0 Å². The number of hydrogen-bond donors (Lipinski definition) is 0. The third-order valence-electron chi connectivity index (χ3n) is 4.33. The van der Waals surface area contributed by atoms with Crippen LogP contribution < -0.4 is 0 Å². The molecule has 0 aliphatic heterocycles. The Balaban J connectivity index is 2.26. The molecule has 2 rings (SSSR count). The zero-order valence-electron chi connectivity index (χ0n) is 10.6. The summed E-state index contributed by atoms with van der Waals surface area (Å²) < 4.78 is 0. The first-order valence-electron chi connectivity index (χ1n) is 6.47. The first kappa shape index (κ1) is 11.0. The zero-order valence-corrected chi connectivity index (χ0v) is 10.6. The number of rotatable bonds is 1. The molecule has 2 aliphatic rings. The van der Waals surface area contributed by atoms with Crippen LogP contribution in [0.15, 0.2) is 23.3 Å². The molecular weight excluding hydrogens is 180 g/mol. The van der Waals surface area contributed by atoms with E-state index in [1.54, 1.807) is 11.1 Å². The fourth-order valence-corrected chi connectivity index (χ4v) is 3.32. The van der Waals surface area contributed by atoms with Gasteiger partial charge in [0.15, 0.2) is 0 Å². The minimum atomic E-state index is 0.766. The van der Waals surface area contributed by atoms with Crippen LogP contribution in [-0.2, 0) is 0 Å². The van der Waals surface area contributed by atoms with E-state index < -0.39 is 0 Å². The van der Waals surface area contributed by atoms with Crippen LogP contribution in [0, 0.1) is 23.7 Å². The standard InChI is InChI=1S/C15H24/c1-10(2)13-8-6-12(4)14-7-5-11(3)9-15(13)14/h7,9-10,12-13,15H,5-6,8H2,1-4H3/t12-,13?,15?/m0/s1. The zero-order chi connectivity index (χ0) is 11.0. The molecule has 0 heterocycles. The number of fused-ring (bicyclic) bond motifs is 1. The van der Waals surface area contributed by atoms with Gasteiger partial charge in [-0.1, -0.05) is 44.1 Å². The minimum absolute atomic E-state index is 0.766. The normalized spacial score (nSPS) is 35.9. The first-order chi connectivity index (χ1) is 7.09. The van der Waals surface area contributed by atoms with Crippen molar-refractivity contribution in [2.75, 3.05) is 0 Å². The smallest absolute Gasteiger partial charge is 0.00129 e. The van der Waals surface area contributed by atoms with Crippen molar-refractivity contribution in [2.24, 2.45) is 23.7 Å². The summed E-state index contributed by atoms with van der Waals surface area (Å²) in [5, 5.41) is 0. The van der Waals surface area contributed by atoms with Gasteiger partial charge in [0.25, 0.3) is 0 Å². The van der Waals surface area contributed by atoms with E-state index in [2.05, 4.69) is 39.8 Å². The van der Waals surface area contributed by atoms with Crippen molar-refractivity contribution in [1.29, 1.82) is 0 Å². The van der Waals surface area contributed by atoms with Gasteiger partial charge in [-0.25, -0.2) is 0 Å². The maximum absolute atomic E-state index is 2.55. The van der Waals surface area contributed by atoms with Gasteiger partial charge >= 0.3 is 0 Å². The van der Waals surface area contributed by atoms with Crippen molar-refractivity contribution >= 4 is 0 Å². The molecule has 3 atom stereocenters. The largest absolute Gasteiger partial charge is 0.0804 e. The Hall–Kier alpha value is -0.520. The number of hydrogen-bond acceptors (Lipinski definition) is 0. The van der Waals surface area contributed by atoms with Crippen LogP contribution in [0.2, 0.25) is 0 Å². The lowest BCUT2D eigenvalue weighted by atomic mass is 9.65. The van der Waals surface area contributed by atoms with Gasteiger partial charge in [0, 0.05) is 5.92 Å². The van der Waals surface area contributed by atoms with E-state index in [1.165, 1.54) is 19.3 Å².